The number of hydrogen-bond acceptors (Lipinski definition) is 4. The lowest BCUT2D eigenvalue weighted by Gasteiger charge is -2.13. The molecule has 7 heteroatoms. The standard InChI is InChI=1S/C17H20N4O3/c1-4-23-14-6-5-7-15(9-14)24-16-11(2)8-13(10-20-16)21(12(3)18)17(19)22/h5-10,18H,4H2,1-3H3,(H2,19,22)/p+1. The first kappa shape index (κ1) is 17.3. The molecule has 4 N–H and O–H groups in total. The number of carbonyl (C=O) groups is 1. The topological polar surface area (TPSA) is 103 Å². The highest BCUT2D eigenvalue weighted by Crippen LogP contribution is 2.28. The molecular weight excluding hydrogens is 308 g/mol. The molecule has 0 aliphatic carbocycles. The predicted octanol–water partition coefficient (Wildman–Crippen LogP) is 1.64. The maximum absolute atomic E-state index is 11.5. The number of primary amides is 1. The number of urea groups is 1. The number of benzene rings is 1. The molecule has 1 aromatic carbocycles. The van der Waals surface area contributed by atoms with Gasteiger partial charge in [0.25, 0.3) is 5.84 Å². The van der Waals surface area contributed by atoms with Crippen molar-refractivity contribution in [3.8, 4) is 17.4 Å². The van der Waals surface area contributed by atoms with E-state index in [0.29, 0.717) is 23.9 Å². The number of rotatable bonds is 5. The van der Waals surface area contributed by atoms with Crippen molar-refractivity contribution in [1.82, 2.24) is 4.98 Å². The number of anilines is 1. The van der Waals surface area contributed by atoms with Crippen LogP contribution in [0, 0.1) is 6.92 Å². The van der Waals surface area contributed by atoms with Crippen LogP contribution in [0.15, 0.2) is 36.5 Å². The number of amides is 2. The average Bonchev–Trinajstić information content (AvgIpc) is 2.50. The number of hydrogen-bond donors (Lipinski definition) is 2. The van der Waals surface area contributed by atoms with Crippen LogP contribution in [-0.4, -0.2) is 23.5 Å². The molecule has 0 saturated heterocycles. The fourth-order valence-corrected chi connectivity index (χ4v) is 2.19. The zero-order valence-corrected chi connectivity index (χ0v) is 13.9. The van der Waals surface area contributed by atoms with E-state index in [1.165, 1.54) is 11.1 Å². The van der Waals surface area contributed by atoms with Crippen molar-refractivity contribution in [1.29, 1.82) is 0 Å². The van der Waals surface area contributed by atoms with Gasteiger partial charge in [0.1, 0.15) is 11.5 Å². The number of pyridine rings is 1. The Morgan fingerprint density at radius 2 is 2.04 bits per heavy atom. The Kier molecular flexibility index (Phi) is 5.36. The second-order valence-electron chi connectivity index (χ2n) is 5.14. The minimum absolute atomic E-state index is 0.266. The summed E-state index contributed by atoms with van der Waals surface area (Å²) in [6, 6.07) is 8.34. The summed E-state index contributed by atoms with van der Waals surface area (Å²) < 4.78 is 11.2. The third-order valence-electron chi connectivity index (χ3n) is 3.18. The van der Waals surface area contributed by atoms with Gasteiger partial charge in [-0.3, -0.25) is 5.41 Å². The molecule has 0 spiro atoms. The van der Waals surface area contributed by atoms with Crippen LogP contribution in [0.1, 0.15) is 19.4 Å². The first-order chi connectivity index (χ1) is 11.4. The van der Waals surface area contributed by atoms with E-state index in [1.807, 2.05) is 32.0 Å². The second-order valence-corrected chi connectivity index (χ2v) is 5.14. The molecule has 0 fully saturated rings. The van der Waals surface area contributed by atoms with Gasteiger partial charge in [-0.2, -0.15) is 0 Å². The monoisotopic (exact) mass is 329 g/mol. The summed E-state index contributed by atoms with van der Waals surface area (Å²) >= 11 is 0. The molecule has 0 aliphatic heterocycles. The van der Waals surface area contributed by atoms with Gasteiger partial charge in [-0.05, 0) is 32.0 Å². The predicted molar refractivity (Wildman–Crippen MR) is 91.3 cm³/mol. The number of ether oxygens (including phenoxy) is 2. The molecule has 0 unspecified atom stereocenters. The maximum Gasteiger partial charge on any atom is 0.411 e. The number of nitrogens with zero attached hydrogens (tertiary/aromatic N) is 2. The molecule has 24 heavy (non-hydrogen) atoms. The Morgan fingerprint density at radius 1 is 1.33 bits per heavy atom. The smallest absolute Gasteiger partial charge is 0.411 e. The van der Waals surface area contributed by atoms with E-state index in [9.17, 15) is 4.79 Å². The highest BCUT2D eigenvalue weighted by atomic mass is 16.5. The number of nitrogens with two attached hydrogens (primary N) is 2. The summed E-state index contributed by atoms with van der Waals surface area (Å²) in [4.78, 5) is 16.9. The van der Waals surface area contributed by atoms with E-state index in [4.69, 9.17) is 20.6 Å². The summed E-state index contributed by atoms with van der Waals surface area (Å²) in [5, 5.41) is 5.70. The molecule has 0 saturated carbocycles. The molecule has 0 bridgehead atoms. The molecule has 2 aromatic rings. The van der Waals surface area contributed by atoms with Crippen LogP contribution >= 0.6 is 0 Å². The van der Waals surface area contributed by atoms with Crippen LogP contribution in [0.4, 0.5) is 10.5 Å². The molecule has 0 atom stereocenters. The van der Waals surface area contributed by atoms with Gasteiger partial charge in [0, 0.05) is 18.6 Å². The quantitative estimate of drug-likeness (QED) is 0.643. The number of aryl methyl sites for hydroxylation is 1. The van der Waals surface area contributed by atoms with Crippen LogP contribution in [0.3, 0.4) is 0 Å². The molecule has 126 valence electrons. The second kappa shape index (κ2) is 7.45. The summed E-state index contributed by atoms with van der Waals surface area (Å²) in [5.74, 6) is 2.02. The number of amidine groups is 1. The Hall–Kier alpha value is -3.09. The van der Waals surface area contributed by atoms with E-state index in [0.717, 1.165) is 11.3 Å². The molecule has 0 aliphatic rings. The minimum Gasteiger partial charge on any atom is -0.494 e. The van der Waals surface area contributed by atoms with Crippen molar-refractivity contribution < 1.29 is 19.7 Å². The fraction of sp³-hybridized carbons (Fsp3) is 0.235. The van der Waals surface area contributed by atoms with Crippen molar-refractivity contribution in [2.45, 2.75) is 20.8 Å². The van der Waals surface area contributed by atoms with Gasteiger partial charge in [0.05, 0.1) is 12.8 Å². The van der Waals surface area contributed by atoms with E-state index < -0.39 is 6.03 Å². The van der Waals surface area contributed by atoms with Crippen molar-refractivity contribution in [3.05, 3.63) is 42.1 Å². The first-order valence-electron chi connectivity index (χ1n) is 7.48. The van der Waals surface area contributed by atoms with Gasteiger partial charge < -0.3 is 15.2 Å². The first-order valence-corrected chi connectivity index (χ1v) is 7.48. The van der Waals surface area contributed by atoms with E-state index in [2.05, 4.69) is 4.98 Å². The maximum atomic E-state index is 11.5. The van der Waals surface area contributed by atoms with E-state index in [1.54, 1.807) is 19.1 Å². The fourth-order valence-electron chi connectivity index (χ4n) is 2.19. The van der Waals surface area contributed by atoms with Gasteiger partial charge >= 0.3 is 6.03 Å². The number of aromatic nitrogens is 1. The van der Waals surface area contributed by atoms with E-state index in [-0.39, 0.29) is 5.84 Å². The zero-order chi connectivity index (χ0) is 17.7. The highest BCUT2D eigenvalue weighted by molar-refractivity contribution is 6.12. The largest absolute Gasteiger partial charge is 0.494 e. The molecule has 7 nitrogen and oxygen atoms in total. The molecule has 1 aromatic heterocycles. The Morgan fingerprint density at radius 3 is 2.62 bits per heavy atom. The normalized spacial score (nSPS) is 10.1. The van der Waals surface area contributed by atoms with Crippen LogP contribution in [0.25, 0.3) is 0 Å². The van der Waals surface area contributed by atoms with Crippen molar-refractivity contribution in [2.75, 3.05) is 11.5 Å². The SMILES string of the molecule is CCOc1cccc(Oc2ncc(N(C(C)=[NH2+])C(N)=O)cc2C)c1. The number of carbonyl (C=O) groups excluding carboxylic acids is 1. The summed E-state index contributed by atoms with van der Waals surface area (Å²) in [7, 11) is 0. The molecule has 1 heterocycles. The summed E-state index contributed by atoms with van der Waals surface area (Å²) in [5.41, 5.74) is 6.56. The molecule has 0 radical (unpaired) electrons. The third-order valence-corrected chi connectivity index (χ3v) is 3.18. The third kappa shape index (κ3) is 4.01. The molecular formula is C17H21N4O3+. The van der Waals surface area contributed by atoms with Crippen molar-refractivity contribution in [2.24, 2.45) is 5.73 Å². The Labute approximate surface area is 140 Å². The van der Waals surface area contributed by atoms with Gasteiger partial charge in [0.15, 0.2) is 5.69 Å². The summed E-state index contributed by atoms with van der Waals surface area (Å²) in [6.07, 6.45) is 1.48. The zero-order valence-electron chi connectivity index (χ0n) is 13.9. The van der Waals surface area contributed by atoms with Crippen LogP contribution in [-0.2, 0) is 0 Å². The molecule has 2 amide bonds. The lowest BCUT2D eigenvalue weighted by Crippen LogP contribution is -2.53. The highest BCUT2D eigenvalue weighted by Gasteiger charge is 2.24. The van der Waals surface area contributed by atoms with Crippen LogP contribution in [0.5, 0.6) is 17.4 Å². The Bertz CT molecular complexity index is 747. The lowest BCUT2D eigenvalue weighted by atomic mass is 10.2. The lowest BCUT2D eigenvalue weighted by molar-refractivity contribution is -0.115. The van der Waals surface area contributed by atoms with Crippen LogP contribution in [0.2, 0.25) is 0 Å². The minimum atomic E-state index is -0.672. The van der Waals surface area contributed by atoms with Gasteiger partial charge in [-0.1, -0.05) is 6.07 Å². The van der Waals surface area contributed by atoms with Crippen molar-refractivity contribution in [3.63, 3.8) is 0 Å². The average molecular weight is 329 g/mol. The summed E-state index contributed by atoms with van der Waals surface area (Å²) in [6.45, 7) is 5.90. The van der Waals surface area contributed by atoms with Gasteiger partial charge in [-0.15, -0.1) is 4.90 Å². The molecule has 2 rings (SSSR count). The van der Waals surface area contributed by atoms with E-state index >= 15 is 0 Å². The Balaban J connectivity index is 2.25. The van der Waals surface area contributed by atoms with Gasteiger partial charge in [0.2, 0.25) is 5.88 Å². The van der Waals surface area contributed by atoms with Crippen LogP contribution < -0.4 is 25.5 Å². The van der Waals surface area contributed by atoms with Crippen molar-refractivity contribution >= 4 is 17.6 Å². The van der Waals surface area contributed by atoms with Gasteiger partial charge in [-0.25, -0.2) is 9.78 Å².